The minimum absolute atomic E-state index is 0.176. The fraction of sp³-hybridized carbons (Fsp3) is 0.222. The van der Waals surface area contributed by atoms with Crippen molar-refractivity contribution in [2.45, 2.75) is 20.3 Å². The molecule has 0 saturated carbocycles. The zero-order valence-electron chi connectivity index (χ0n) is 13.3. The van der Waals surface area contributed by atoms with E-state index in [9.17, 15) is 9.59 Å². The molecule has 2 N–H and O–H groups in total. The molecule has 2 amide bonds. The number of amides is 2. The number of hydrogen-bond acceptors (Lipinski definition) is 3. The number of carbonyl (C=O) groups is 2. The maximum Gasteiger partial charge on any atom is 0.255 e. The molecule has 2 aromatic carbocycles. The second kappa shape index (κ2) is 7.98. The topological polar surface area (TPSA) is 67.4 Å². The lowest BCUT2D eigenvalue weighted by atomic mass is 10.2. The molecular formula is C18H20N2O3. The van der Waals surface area contributed by atoms with Crippen LogP contribution in [-0.4, -0.2) is 18.4 Å². The molecule has 0 fully saturated rings. The molecule has 0 atom stereocenters. The van der Waals surface area contributed by atoms with E-state index in [-0.39, 0.29) is 11.8 Å². The van der Waals surface area contributed by atoms with Gasteiger partial charge in [-0.3, -0.25) is 9.59 Å². The molecule has 0 aliphatic carbocycles. The minimum Gasteiger partial charge on any atom is -0.494 e. The Kier molecular flexibility index (Phi) is 5.74. The molecule has 5 nitrogen and oxygen atoms in total. The van der Waals surface area contributed by atoms with Gasteiger partial charge in [-0.2, -0.15) is 0 Å². The first-order valence-electron chi connectivity index (χ1n) is 7.50. The highest BCUT2D eigenvalue weighted by Crippen LogP contribution is 2.17. The predicted octanol–water partition coefficient (Wildman–Crippen LogP) is 3.69. The van der Waals surface area contributed by atoms with Gasteiger partial charge in [-0.05, 0) is 48.9 Å². The standard InChI is InChI=1S/C18H20N2O3/c1-3-11-23-17-9-7-15(8-10-17)20-18(22)14-5-4-6-16(12-14)19-13(2)21/h4-10,12H,3,11H2,1-2H3,(H,19,21)(H,20,22). The van der Waals surface area contributed by atoms with E-state index in [1.54, 1.807) is 36.4 Å². The quantitative estimate of drug-likeness (QED) is 0.855. The van der Waals surface area contributed by atoms with E-state index in [4.69, 9.17) is 4.74 Å². The molecular weight excluding hydrogens is 292 g/mol. The largest absolute Gasteiger partial charge is 0.494 e. The van der Waals surface area contributed by atoms with Crippen LogP contribution in [0.1, 0.15) is 30.6 Å². The van der Waals surface area contributed by atoms with Crippen LogP contribution in [0, 0.1) is 0 Å². The third kappa shape index (κ3) is 5.14. The summed E-state index contributed by atoms with van der Waals surface area (Å²) in [4.78, 5) is 23.3. The molecule has 120 valence electrons. The van der Waals surface area contributed by atoms with Crippen LogP contribution in [0.5, 0.6) is 5.75 Å². The normalized spacial score (nSPS) is 10.0. The fourth-order valence-corrected chi connectivity index (χ4v) is 2.00. The van der Waals surface area contributed by atoms with Crippen LogP contribution in [0.3, 0.4) is 0 Å². The molecule has 5 heteroatoms. The number of carbonyl (C=O) groups excluding carboxylic acids is 2. The van der Waals surface area contributed by atoms with Crippen LogP contribution < -0.4 is 15.4 Å². The average Bonchev–Trinajstić information content (AvgIpc) is 2.54. The Morgan fingerprint density at radius 1 is 1.00 bits per heavy atom. The van der Waals surface area contributed by atoms with E-state index in [0.29, 0.717) is 23.5 Å². The number of nitrogens with one attached hydrogen (secondary N) is 2. The van der Waals surface area contributed by atoms with E-state index in [0.717, 1.165) is 12.2 Å². The summed E-state index contributed by atoms with van der Waals surface area (Å²) in [5.74, 6) is 0.363. The van der Waals surface area contributed by atoms with Gasteiger partial charge in [0.25, 0.3) is 5.91 Å². The molecule has 0 aliphatic heterocycles. The van der Waals surface area contributed by atoms with Gasteiger partial charge in [0, 0.05) is 23.9 Å². The van der Waals surface area contributed by atoms with Crippen molar-refractivity contribution in [2.24, 2.45) is 0 Å². The molecule has 0 heterocycles. The van der Waals surface area contributed by atoms with E-state index in [2.05, 4.69) is 10.6 Å². The van der Waals surface area contributed by atoms with E-state index in [1.807, 2.05) is 19.1 Å². The second-order valence-corrected chi connectivity index (χ2v) is 5.09. The third-order valence-corrected chi connectivity index (χ3v) is 3.03. The lowest BCUT2D eigenvalue weighted by molar-refractivity contribution is -0.114. The van der Waals surface area contributed by atoms with Gasteiger partial charge in [0.05, 0.1) is 6.61 Å². The van der Waals surface area contributed by atoms with Gasteiger partial charge in [-0.25, -0.2) is 0 Å². The van der Waals surface area contributed by atoms with Crippen molar-refractivity contribution in [1.82, 2.24) is 0 Å². The number of hydrogen-bond donors (Lipinski definition) is 2. The average molecular weight is 312 g/mol. The first kappa shape index (κ1) is 16.5. The summed E-state index contributed by atoms with van der Waals surface area (Å²) in [6, 6.07) is 14.0. The molecule has 0 bridgehead atoms. The van der Waals surface area contributed by atoms with Gasteiger partial charge in [-0.1, -0.05) is 13.0 Å². The summed E-state index contributed by atoms with van der Waals surface area (Å²) in [7, 11) is 0. The second-order valence-electron chi connectivity index (χ2n) is 5.09. The Morgan fingerprint density at radius 2 is 1.74 bits per heavy atom. The maximum absolute atomic E-state index is 12.3. The molecule has 0 aromatic heterocycles. The Labute approximate surface area is 135 Å². The van der Waals surface area contributed by atoms with Crippen molar-refractivity contribution in [3.05, 3.63) is 54.1 Å². The lowest BCUT2D eigenvalue weighted by Crippen LogP contribution is -2.13. The van der Waals surface area contributed by atoms with Gasteiger partial charge in [0.2, 0.25) is 5.91 Å². The smallest absolute Gasteiger partial charge is 0.255 e. The van der Waals surface area contributed by atoms with Crippen molar-refractivity contribution in [3.63, 3.8) is 0 Å². The fourth-order valence-electron chi connectivity index (χ4n) is 2.00. The van der Waals surface area contributed by atoms with Crippen LogP contribution in [0.25, 0.3) is 0 Å². The van der Waals surface area contributed by atoms with Crippen LogP contribution in [0.4, 0.5) is 11.4 Å². The highest BCUT2D eigenvalue weighted by molar-refractivity contribution is 6.05. The molecule has 0 saturated heterocycles. The van der Waals surface area contributed by atoms with Crippen LogP contribution in [-0.2, 0) is 4.79 Å². The van der Waals surface area contributed by atoms with Crippen LogP contribution >= 0.6 is 0 Å². The summed E-state index contributed by atoms with van der Waals surface area (Å²) in [5.41, 5.74) is 1.75. The molecule has 23 heavy (non-hydrogen) atoms. The van der Waals surface area contributed by atoms with Crippen molar-refractivity contribution < 1.29 is 14.3 Å². The number of rotatable bonds is 6. The predicted molar refractivity (Wildman–Crippen MR) is 90.9 cm³/mol. The van der Waals surface area contributed by atoms with Gasteiger partial charge in [0.15, 0.2) is 0 Å². The van der Waals surface area contributed by atoms with Gasteiger partial charge < -0.3 is 15.4 Å². The monoisotopic (exact) mass is 312 g/mol. The summed E-state index contributed by atoms with van der Waals surface area (Å²) < 4.78 is 5.50. The van der Waals surface area contributed by atoms with E-state index in [1.165, 1.54) is 6.92 Å². The molecule has 2 rings (SSSR count). The van der Waals surface area contributed by atoms with Crippen LogP contribution in [0.2, 0.25) is 0 Å². The zero-order valence-corrected chi connectivity index (χ0v) is 13.3. The lowest BCUT2D eigenvalue weighted by Gasteiger charge is -2.09. The highest BCUT2D eigenvalue weighted by atomic mass is 16.5. The van der Waals surface area contributed by atoms with E-state index >= 15 is 0 Å². The maximum atomic E-state index is 12.3. The molecule has 0 radical (unpaired) electrons. The van der Waals surface area contributed by atoms with Gasteiger partial charge in [-0.15, -0.1) is 0 Å². The first-order valence-corrected chi connectivity index (χ1v) is 7.50. The summed E-state index contributed by atoms with van der Waals surface area (Å²) >= 11 is 0. The van der Waals surface area contributed by atoms with Crippen molar-refractivity contribution in [2.75, 3.05) is 17.2 Å². The Morgan fingerprint density at radius 3 is 2.39 bits per heavy atom. The highest BCUT2D eigenvalue weighted by Gasteiger charge is 2.07. The SMILES string of the molecule is CCCOc1ccc(NC(=O)c2cccc(NC(C)=O)c2)cc1. The summed E-state index contributed by atoms with van der Waals surface area (Å²) in [6.07, 6.45) is 0.948. The molecule has 2 aromatic rings. The number of ether oxygens (including phenoxy) is 1. The number of anilines is 2. The van der Waals surface area contributed by atoms with Crippen LogP contribution in [0.15, 0.2) is 48.5 Å². The Balaban J connectivity index is 2.02. The first-order chi connectivity index (χ1) is 11.1. The van der Waals surface area contributed by atoms with E-state index < -0.39 is 0 Å². The van der Waals surface area contributed by atoms with Crippen molar-refractivity contribution in [3.8, 4) is 5.75 Å². The molecule has 0 unspecified atom stereocenters. The van der Waals surface area contributed by atoms with Crippen molar-refractivity contribution in [1.29, 1.82) is 0 Å². The summed E-state index contributed by atoms with van der Waals surface area (Å²) in [6.45, 7) is 4.14. The van der Waals surface area contributed by atoms with Gasteiger partial charge >= 0.3 is 0 Å². The zero-order chi connectivity index (χ0) is 16.7. The summed E-state index contributed by atoms with van der Waals surface area (Å²) in [5, 5.41) is 5.47. The van der Waals surface area contributed by atoms with Gasteiger partial charge in [0.1, 0.15) is 5.75 Å². The minimum atomic E-state index is -0.237. The Bertz CT molecular complexity index is 681. The molecule has 0 aliphatic rings. The number of benzene rings is 2. The molecule has 0 spiro atoms. The van der Waals surface area contributed by atoms with Crippen molar-refractivity contribution >= 4 is 23.2 Å². The third-order valence-electron chi connectivity index (χ3n) is 3.03. The Hall–Kier alpha value is -2.82.